The van der Waals surface area contributed by atoms with Gasteiger partial charge in [-0.1, -0.05) is 12.1 Å². The molecular formula is C17H21BrN2. The van der Waals surface area contributed by atoms with Gasteiger partial charge in [0.15, 0.2) is 0 Å². The van der Waals surface area contributed by atoms with Gasteiger partial charge in [0.25, 0.3) is 0 Å². The van der Waals surface area contributed by atoms with E-state index in [2.05, 4.69) is 65.8 Å². The van der Waals surface area contributed by atoms with Gasteiger partial charge in [-0.2, -0.15) is 0 Å². The van der Waals surface area contributed by atoms with Gasteiger partial charge in [-0.25, -0.2) is 4.98 Å². The molecular weight excluding hydrogens is 312 g/mol. The van der Waals surface area contributed by atoms with Crippen molar-refractivity contribution in [2.24, 2.45) is 0 Å². The van der Waals surface area contributed by atoms with Crippen LogP contribution in [0, 0.1) is 20.8 Å². The predicted octanol–water partition coefficient (Wildman–Crippen LogP) is 4.45. The number of aromatic nitrogens is 1. The minimum atomic E-state index is 0.970. The fourth-order valence-corrected chi connectivity index (χ4v) is 2.52. The van der Waals surface area contributed by atoms with Gasteiger partial charge in [-0.05, 0) is 77.5 Å². The topological polar surface area (TPSA) is 16.1 Å². The minimum absolute atomic E-state index is 0.970. The van der Waals surface area contributed by atoms with Crippen LogP contribution >= 0.6 is 15.9 Å². The van der Waals surface area contributed by atoms with Gasteiger partial charge >= 0.3 is 0 Å². The fraction of sp³-hybridized carbons (Fsp3) is 0.353. The van der Waals surface area contributed by atoms with Crippen LogP contribution in [0.2, 0.25) is 0 Å². The van der Waals surface area contributed by atoms with E-state index in [0.717, 1.165) is 23.3 Å². The Kier molecular flexibility index (Phi) is 4.81. The molecule has 20 heavy (non-hydrogen) atoms. The number of nitrogens with zero attached hydrogens (tertiary/aromatic N) is 2. The molecule has 0 amide bonds. The quantitative estimate of drug-likeness (QED) is 0.822. The molecule has 1 aromatic carbocycles. The second-order valence-corrected chi connectivity index (χ2v) is 6.28. The molecule has 3 heteroatoms. The summed E-state index contributed by atoms with van der Waals surface area (Å²) in [6.45, 7) is 7.51. The molecule has 0 saturated heterocycles. The first-order chi connectivity index (χ1) is 9.47. The number of benzene rings is 1. The van der Waals surface area contributed by atoms with E-state index in [-0.39, 0.29) is 0 Å². The van der Waals surface area contributed by atoms with E-state index in [1.54, 1.807) is 0 Å². The number of hydrogen-bond donors (Lipinski definition) is 0. The molecule has 1 heterocycles. The molecule has 0 N–H and O–H groups in total. The van der Waals surface area contributed by atoms with Crippen molar-refractivity contribution < 1.29 is 0 Å². The zero-order chi connectivity index (χ0) is 14.7. The van der Waals surface area contributed by atoms with E-state index in [4.69, 9.17) is 0 Å². The number of rotatable bonds is 4. The lowest BCUT2D eigenvalue weighted by atomic mass is 9.99. The van der Waals surface area contributed by atoms with Crippen LogP contribution in [-0.4, -0.2) is 18.6 Å². The second-order valence-electron chi connectivity index (χ2n) is 5.37. The van der Waals surface area contributed by atoms with Crippen LogP contribution in [0.3, 0.4) is 0 Å². The van der Waals surface area contributed by atoms with Crippen molar-refractivity contribution >= 4 is 21.7 Å². The zero-order valence-corrected chi connectivity index (χ0v) is 14.2. The molecule has 0 fully saturated rings. The van der Waals surface area contributed by atoms with Gasteiger partial charge in [0.05, 0.1) is 0 Å². The van der Waals surface area contributed by atoms with Crippen molar-refractivity contribution in [3.8, 4) is 0 Å². The molecule has 0 aliphatic heterocycles. The molecule has 0 bridgehead atoms. The number of likely N-dealkylation sites (N-methyl/N-ethyl adjacent to an activating group) is 1. The van der Waals surface area contributed by atoms with Gasteiger partial charge in [-0.3, -0.25) is 0 Å². The maximum absolute atomic E-state index is 4.42. The lowest BCUT2D eigenvalue weighted by molar-refractivity contribution is 0.853. The Morgan fingerprint density at radius 3 is 2.40 bits per heavy atom. The van der Waals surface area contributed by atoms with Gasteiger partial charge in [0.2, 0.25) is 0 Å². The summed E-state index contributed by atoms with van der Waals surface area (Å²) in [5, 5.41) is 0. The van der Waals surface area contributed by atoms with Crippen LogP contribution in [0.4, 0.5) is 5.82 Å². The normalized spacial score (nSPS) is 10.7. The second kappa shape index (κ2) is 6.40. The fourth-order valence-electron chi connectivity index (χ4n) is 2.29. The average molecular weight is 333 g/mol. The Hall–Kier alpha value is -1.35. The van der Waals surface area contributed by atoms with Crippen LogP contribution in [-0.2, 0) is 6.42 Å². The zero-order valence-electron chi connectivity index (χ0n) is 12.6. The summed E-state index contributed by atoms with van der Waals surface area (Å²) in [6, 6.07) is 8.66. The Morgan fingerprint density at radius 1 is 1.05 bits per heavy atom. The maximum Gasteiger partial charge on any atom is 0.128 e. The summed E-state index contributed by atoms with van der Waals surface area (Å²) in [5.41, 5.74) is 5.55. The van der Waals surface area contributed by atoms with Crippen LogP contribution in [0.15, 0.2) is 34.9 Å². The van der Waals surface area contributed by atoms with Gasteiger partial charge in [-0.15, -0.1) is 0 Å². The highest BCUT2D eigenvalue weighted by atomic mass is 79.9. The van der Waals surface area contributed by atoms with E-state index in [0.29, 0.717) is 0 Å². The summed E-state index contributed by atoms with van der Waals surface area (Å²) >= 11 is 3.41. The lowest BCUT2D eigenvalue weighted by Gasteiger charge is -2.19. The molecule has 1 aromatic heterocycles. The number of anilines is 1. The molecule has 0 unspecified atom stereocenters. The highest BCUT2D eigenvalue weighted by Crippen LogP contribution is 2.18. The van der Waals surface area contributed by atoms with Crippen molar-refractivity contribution in [2.75, 3.05) is 18.5 Å². The largest absolute Gasteiger partial charge is 0.359 e. The highest BCUT2D eigenvalue weighted by molar-refractivity contribution is 9.10. The molecule has 2 rings (SSSR count). The molecule has 2 nitrogen and oxygen atoms in total. The van der Waals surface area contributed by atoms with Crippen molar-refractivity contribution in [3.05, 3.63) is 57.2 Å². The molecule has 106 valence electrons. The number of aryl methyl sites for hydroxylation is 3. The summed E-state index contributed by atoms with van der Waals surface area (Å²) < 4.78 is 1.01. The molecule has 0 aliphatic rings. The first-order valence-corrected chi connectivity index (χ1v) is 7.66. The Morgan fingerprint density at radius 2 is 1.75 bits per heavy atom. The van der Waals surface area contributed by atoms with E-state index >= 15 is 0 Å². The third-order valence-corrected chi connectivity index (χ3v) is 4.24. The predicted molar refractivity (Wildman–Crippen MR) is 89.6 cm³/mol. The maximum atomic E-state index is 4.42. The van der Waals surface area contributed by atoms with E-state index in [1.807, 2.05) is 18.3 Å². The lowest BCUT2D eigenvalue weighted by Crippen LogP contribution is -2.21. The number of halogens is 1. The molecule has 0 radical (unpaired) electrons. The van der Waals surface area contributed by atoms with Crippen LogP contribution in [0.25, 0.3) is 0 Å². The Balaban J connectivity index is 2.05. The van der Waals surface area contributed by atoms with Gasteiger partial charge < -0.3 is 4.90 Å². The van der Waals surface area contributed by atoms with Crippen molar-refractivity contribution in [1.82, 2.24) is 4.98 Å². The smallest absolute Gasteiger partial charge is 0.128 e. The van der Waals surface area contributed by atoms with E-state index < -0.39 is 0 Å². The third-order valence-electron chi connectivity index (χ3n) is 3.77. The first-order valence-electron chi connectivity index (χ1n) is 6.87. The summed E-state index contributed by atoms with van der Waals surface area (Å²) in [4.78, 5) is 6.62. The average Bonchev–Trinajstić information content (AvgIpc) is 2.42. The van der Waals surface area contributed by atoms with Gasteiger partial charge in [0.1, 0.15) is 5.82 Å². The molecule has 2 aromatic rings. The molecule has 0 aliphatic carbocycles. The van der Waals surface area contributed by atoms with E-state index in [9.17, 15) is 0 Å². The number of pyridine rings is 1. The molecule has 0 saturated carbocycles. The standard InChI is InChI=1S/C17H21BrN2/c1-12-9-14(3)15(10-13(12)2)7-8-20(4)17-6-5-16(18)11-19-17/h5-6,9-11H,7-8H2,1-4H3. The van der Waals surface area contributed by atoms with Crippen molar-refractivity contribution in [2.45, 2.75) is 27.2 Å². The molecule has 0 atom stereocenters. The summed E-state index contributed by atoms with van der Waals surface area (Å²) in [5.74, 6) is 1.01. The SMILES string of the molecule is Cc1cc(C)c(CCN(C)c2ccc(Br)cn2)cc1C. The summed E-state index contributed by atoms with van der Waals surface area (Å²) in [7, 11) is 2.09. The molecule has 0 spiro atoms. The third kappa shape index (κ3) is 3.60. The van der Waals surface area contributed by atoms with Crippen LogP contribution in [0.1, 0.15) is 22.3 Å². The highest BCUT2D eigenvalue weighted by Gasteiger charge is 2.06. The van der Waals surface area contributed by atoms with Crippen molar-refractivity contribution in [3.63, 3.8) is 0 Å². The van der Waals surface area contributed by atoms with Crippen LogP contribution in [0.5, 0.6) is 0 Å². The first kappa shape index (κ1) is 15.0. The summed E-state index contributed by atoms with van der Waals surface area (Å²) in [6.07, 6.45) is 2.88. The van der Waals surface area contributed by atoms with Crippen molar-refractivity contribution in [1.29, 1.82) is 0 Å². The van der Waals surface area contributed by atoms with Crippen LogP contribution < -0.4 is 4.90 Å². The minimum Gasteiger partial charge on any atom is -0.359 e. The monoisotopic (exact) mass is 332 g/mol. The Labute approximate surface area is 130 Å². The number of hydrogen-bond acceptors (Lipinski definition) is 2. The Bertz CT molecular complexity index is 591. The van der Waals surface area contributed by atoms with Gasteiger partial charge in [0, 0.05) is 24.3 Å². The van der Waals surface area contributed by atoms with E-state index in [1.165, 1.54) is 22.3 Å².